The van der Waals surface area contributed by atoms with Gasteiger partial charge in [-0.25, -0.2) is 4.98 Å². The minimum atomic E-state index is 0.733. The van der Waals surface area contributed by atoms with Gasteiger partial charge in [-0.2, -0.15) is 0 Å². The molecule has 3 rings (SSSR count). The molecular weight excluding hydrogens is 252 g/mol. The molecule has 0 unspecified atom stereocenters. The van der Waals surface area contributed by atoms with E-state index in [1.807, 2.05) is 13.0 Å². The van der Waals surface area contributed by atoms with Crippen molar-refractivity contribution in [3.8, 4) is 0 Å². The lowest BCUT2D eigenvalue weighted by molar-refractivity contribution is 0.644. The molecule has 1 aliphatic heterocycles. The van der Waals surface area contributed by atoms with Gasteiger partial charge < -0.3 is 15.5 Å². The number of piperazine rings is 1. The molecule has 0 amide bonds. The maximum absolute atomic E-state index is 5.98. The fourth-order valence-electron chi connectivity index (χ4n) is 2.56. The van der Waals surface area contributed by atoms with Crippen LogP contribution in [-0.2, 0) is 0 Å². The Bertz CT molecular complexity index is 538. The Balaban J connectivity index is 1.72. The molecule has 1 fully saturated rings. The van der Waals surface area contributed by atoms with Gasteiger partial charge in [0.25, 0.3) is 0 Å². The van der Waals surface area contributed by atoms with Gasteiger partial charge in [0, 0.05) is 44.8 Å². The smallest absolute Gasteiger partial charge is 0.150 e. The molecule has 1 aliphatic rings. The SMILES string of the molecule is Cc1nccnc1N1CCN(c2ccncc2N)CC1. The summed E-state index contributed by atoms with van der Waals surface area (Å²) in [6, 6.07) is 1.97. The zero-order valence-electron chi connectivity index (χ0n) is 11.5. The lowest BCUT2D eigenvalue weighted by Gasteiger charge is -2.37. The average molecular weight is 270 g/mol. The standard InChI is InChI=1S/C14H18N6/c1-11-14(18-5-4-17-11)20-8-6-19(7-9-20)13-2-3-16-10-12(13)15/h2-5,10H,6-9,15H2,1H3. The van der Waals surface area contributed by atoms with E-state index in [0.717, 1.165) is 49.1 Å². The highest BCUT2D eigenvalue weighted by molar-refractivity contribution is 5.66. The van der Waals surface area contributed by atoms with Gasteiger partial charge in [-0.3, -0.25) is 9.97 Å². The molecule has 0 saturated carbocycles. The predicted molar refractivity (Wildman–Crippen MR) is 79.8 cm³/mol. The van der Waals surface area contributed by atoms with Crippen LogP contribution in [0.15, 0.2) is 30.9 Å². The number of nitrogens with zero attached hydrogens (tertiary/aromatic N) is 5. The molecule has 0 aliphatic carbocycles. The number of nitrogen functional groups attached to an aromatic ring is 1. The topological polar surface area (TPSA) is 71.2 Å². The highest BCUT2D eigenvalue weighted by atomic mass is 15.3. The Morgan fingerprint density at radius 3 is 2.40 bits per heavy atom. The van der Waals surface area contributed by atoms with Crippen molar-refractivity contribution in [2.24, 2.45) is 0 Å². The second-order valence-electron chi connectivity index (χ2n) is 4.87. The number of rotatable bonds is 2. The monoisotopic (exact) mass is 270 g/mol. The first-order chi connectivity index (χ1) is 9.75. The quantitative estimate of drug-likeness (QED) is 0.880. The number of hydrogen-bond acceptors (Lipinski definition) is 6. The molecule has 2 aromatic heterocycles. The number of anilines is 3. The summed E-state index contributed by atoms with van der Waals surface area (Å²) in [5.41, 5.74) is 8.76. The Hall–Kier alpha value is -2.37. The van der Waals surface area contributed by atoms with E-state index < -0.39 is 0 Å². The van der Waals surface area contributed by atoms with Gasteiger partial charge in [-0.05, 0) is 13.0 Å². The van der Waals surface area contributed by atoms with Crippen molar-refractivity contribution in [2.45, 2.75) is 6.92 Å². The van der Waals surface area contributed by atoms with Crippen LogP contribution in [0.3, 0.4) is 0 Å². The van der Waals surface area contributed by atoms with Gasteiger partial charge in [0.1, 0.15) is 5.82 Å². The molecule has 1 saturated heterocycles. The lowest BCUT2D eigenvalue weighted by atomic mass is 10.2. The van der Waals surface area contributed by atoms with Crippen LogP contribution < -0.4 is 15.5 Å². The molecule has 0 spiro atoms. The molecule has 2 N–H and O–H groups in total. The maximum atomic E-state index is 5.98. The highest BCUT2D eigenvalue weighted by Gasteiger charge is 2.20. The third-order valence-corrected chi connectivity index (χ3v) is 3.60. The summed E-state index contributed by atoms with van der Waals surface area (Å²) in [5.74, 6) is 0.981. The van der Waals surface area contributed by atoms with E-state index in [1.165, 1.54) is 0 Å². The summed E-state index contributed by atoms with van der Waals surface area (Å²) in [7, 11) is 0. The van der Waals surface area contributed by atoms with Crippen molar-refractivity contribution in [3.05, 3.63) is 36.5 Å². The van der Waals surface area contributed by atoms with E-state index >= 15 is 0 Å². The Morgan fingerprint density at radius 2 is 1.70 bits per heavy atom. The van der Waals surface area contributed by atoms with E-state index in [0.29, 0.717) is 0 Å². The Morgan fingerprint density at radius 1 is 1.00 bits per heavy atom. The van der Waals surface area contributed by atoms with Gasteiger partial charge in [-0.15, -0.1) is 0 Å². The normalized spacial score (nSPS) is 15.4. The molecule has 0 aromatic carbocycles. The molecule has 6 nitrogen and oxygen atoms in total. The van der Waals surface area contributed by atoms with Crippen LogP contribution >= 0.6 is 0 Å². The molecular formula is C14H18N6. The molecule has 20 heavy (non-hydrogen) atoms. The number of pyridine rings is 1. The lowest BCUT2D eigenvalue weighted by Crippen LogP contribution is -2.47. The fourth-order valence-corrected chi connectivity index (χ4v) is 2.56. The molecule has 0 bridgehead atoms. The van der Waals surface area contributed by atoms with E-state index in [4.69, 9.17) is 5.73 Å². The first-order valence-electron chi connectivity index (χ1n) is 6.72. The molecule has 6 heteroatoms. The van der Waals surface area contributed by atoms with Crippen LogP contribution in [0.2, 0.25) is 0 Å². The van der Waals surface area contributed by atoms with Crippen molar-refractivity contribution < 1.29 is 0 Å². The van der Waals surface area contributed by atoms with E-state index in [1.54, 1.807) is 24.8 Å². The van der Waals surface area contributed by atoms with Crippen LogP contribution in [0.25, 0.3) is 0 Å². The van der Waals surface area contributed by atoms with Gasteiger partial charge in [0.05, 0.1) is 23.3 Å². The van der Waals surface area contributed by atoms with Crippen LogP contribution in [0, 0.1) is 6.92 Å². The van der Waals surface area contributed by atoms with Crippen molar-refractivity contribution in [1.29, 1.82) is 0 Å². The Labute approximate surface area is 118 Å². The van der Waals surface area contributed by atoms with Crippen molar-refractivity contribution >= 4 is 17.2 Å². The number of nitrogens with two attached hydrogens (primary N) is 1. The molecule has 0 radical (unpaired) electrons. The highest BCUT2D eigenvalue weighted by Crippen LogP contribution is 2.24. The zero-order chi connectivity index (χ0) is 13.9. The number of aromatic nitrogens is 3. The van der Waals surface area contributed by atoms with Gasteiger partial charge in [0.2, 0.25) is 0 Å². The van der Waals surface area contributed by atoms with Crippen LogP contribution in [0.5, 0.6) is 0 Å². The summed E-state index contributed by atoms with van der Waals surface area (Å²) >= 11 is 0. The maximum Gasteiger partial charge on any atom is 0.150 e. The summed E-state index contributed by atoms with van der Waals surface area (Å²) in [6.45, 7) is 5.67. The third kappa shape index (κ3) is 2.36. The van der Waals surface area contributed by atoms with E-state index in [2.05, 4.69) is 24.8 Å². The van der Waals surface area contributed by atoms with Gasteiger partial charge in [-0.1, -0.05) is 0 Å². The van der Waals surface area contributed by atoms with E-state index in [-0.39, 0.29) is 0 Å². The largest absolute Gasteiger partial charge is 0.396 e. The molecule has 2 aromatic rings. The second-order valence-corrected chi connectivity index (χ2v) is 4.87. The summed E-state index contributed by atoms with van der Waals surface area (Å²) < 4.78 is 0. The predicted octanol–water partition coefficient (Wildman–Crippen LogP) is 1.09. The van der Waals surface area contributed by atoms with Crippen molar-refractivity contribution in [3.63, 3.8) is 0 Å². The van der Waals surface area contributed by atoms with Crippen molar-refractivity contribution in [1.82, 2.24) is 15.0 Å². The molecule has 0 atom stereocenters. The average Bonchev–Trinajstić information content (AvgIpc) is 2.49. The molecule has 3 heterocycles. The first-order valence-corrected chi connectivity index (χ1v) is 6.72. The van der Waals surface area contributed by atoms with E-state index in [9.17, 15) is 0 Å². The second kappa shape index (κ2) is 5.32. The van der Waals surface area contributed by atoms with Crippen LogP contribution in [0.1, 0.15) is 5.69 Å². The first kappa shape index (κ1) is 12.7. The van der Waals surface area contributed by atoms with Crippen LogP contribution in [0.4, 0.5) is 17.2 Å². The molecule has 104 valence electrons. The minimum Gasteiger partial charge on any atom is -0.396 e. The summed E-state index contributed by atoms with van der Waals surface area (Å²) in [6.07, 6.45) is 6.96. The van der Waals surface area contributed by atoms with Crippen molar-refractivity contribution in [2.75, 3.05) is 41.7 Å². The minimum absolute atomic E-state index is 0.733. The zero-order valence-corrected chi connectivity index (χ0v) is 11.5. The van der Waals surface area contributed by atoms with Gasteiger partial charge >= 0.3 is 0 Å². The number of hydrogen-bond donors (Lipinski definition) is 1. The fraction of sp³-hybridized carbons (Fsp3) is 0.357. The number of aryl methyl sites for hydroxylation is 1. The summed E-state index contributed by atoms with van der Waals surface area (Å²) in [5, 5.41) is 0. The van der Waals surface area contributed by atoms with Gasteiger partial charge in [0.15, 0.2) is 0 Å². The Kier molecular flexibility index (Phi) is 3.37. The third-order valence-electron chi connectivity index (χ3n) is 3.60. The van der Waals surface area contributed by atoms with Crippen LogP contribution in [-0.4, -0.2) is 41.1 Å². The summed E-state index contributed by atoms with van der Waals surface area (Å²) in [4.78, 5) is 17.3.